The number of carbonyl (C=O) groups is 2. The number of aromatic nitrogens is 6. The van der Waals surface area contributed by atoms with Gasteiger partial charge >= 0.3 is 11.9 Å². The molecular weight excluding hydrogens is 608 g/mol. The van der Waals surface area contributed by atoms with Crippen molar-refractivity contribution >= 4 is 50.2 Å². The van der Waals surface area contributed by atoms with Gasteiger partial charge in [0.05, 0.1) is 37.4 Å². The van der Waals surface area contributed by atoms with Crippen LogP contribution < -0.4 is 0 Å². The van der Waals surface area contributed by atoms with E-state index in [2.05, 4.69) is 64.2 Å². The first-order valence-electron chi connectivity index (χ1n) is 14.0. The Morgan fingerprint density at radius 3 is 1.64 bits per heavy atom. The van der Waals surface area contributed by atoms with Gasteiger partial charge < -0.3 is 24.1 Å². The fourth-order valence-electron chi connectivity index (χ4n) is 3.82. The Morgan fingerprint density at radius 1 is 0.773 bits per heavy atom. The van der Waals surface area contributed by atoms with E-state index < -0.39 is 33.9 Å². The summed E-state index contributed by atoms with van der Waals surface area (Å²) in [4.78, 5) is 31.6. The SMILES string of the molecule is COC(=O)c1nn(COCC[Si](C)(C)C)c2ncc(F)cc12.COC(=O)c1nn(COCC[Si](C)(C)C)c2ncc(O)cc12. The molecule has 240 valence electrons. The molecule has 0 aliphatic heterocycles. The average molecular weight is 649 g/mol. The number of esters is 2. The molecule has 0 aliphatic carbocycles. The van der Waals surface area contributed by atoms with Crippen molar-refractivity contribution in [3.63, 3.8) is 0 Å². The maximum absolute atomic E-state index is 13.4. The van der Waals surface area contributed by atoms with E-state index in [4.69, 9.17) is 14.2 Å². The van der Waals surface area contributed by atoms with Gasteiger partial charge in [-0.05, 0) is 24.2 Å². The standard InChI is InChI=1S/C14H20FN3O3Si.C14H21N3O4Si/c1-20-14(19)12-11-7-10(15)8-16-13(11)18(17-12)9-21-5-6-22(2,3)4;1-20-14(19)12-11-7-10(18)8-15-13(11)17(16-12)9-21-5-6-22(2,3)4/h7-8H,5-6,9H2,1-4H3;7-8,18H,5-6,9H2,1-4H3. The summed E-state index contributed by atoms with van der Waals surface area (Å²) in [7, 11) is 0.218. The number of methoxy groups -OCH3 is 2. The summed E-state index contributed by atoms with van der Waals surface area (Å²) in [6.45, 7) is 15.2. The third-order valence-electron chi connectivity index (χ3n) is 6.30. The summed E-state index contributed by atoms with van der Waals surface area (Å²) in [5.74, 6) is -1.76. The monoisotopic (exact) mass is 648 g/mol. The zero-order valence-electron chi connectivity index (χ0n) is 26.5. The highest BCUT2D eigenvalue weighted by Gasteiger charge is 2.21. The predicted molar refractivity (Wildman–Crippen MR) is 168 cm³/mol. The minimum absolute atomic E-state index is 0.0307. The van der Waals surface area contributed by atoms with Gasteiger partial charge in [-0.3, -0.25) is 0 Å². The second kappa shape index (κ2) is 14.8. The van der Waals surface area contributed by atoms with E-state index in [-0.39, 0.29) is 30.6 Å². The molecule has 0 aromatic carbocycles. The average Bonchev–Trinajstić information content (AvgIpc) is 3.49. The highest BCUT2D eigenvalue weighted by Crippen LogP contribution is 2.22. The number of rotatable bonds is 12. The van der Waals surface area contributed by atoms with Gasteiger partial charge in [-0.15, -0.1) is 0 Å². The lowest BCUT2D eigenvalue weighted by Crippen LogP contribution is -2.22. The topological polar surface area (TPSA) is 153 Å². The molecule has 13 nitrogen and oxygen atoms in total. The molecule has 4 rings (SSSR count). The van der Waals surface area contributed by atoms with Gasteiger partial charge in [0.15, 0.2) is 22.7 Å². The number of halogens is 1. The molecule has 0 saturated heterocycles. The fourth-order valence-corrected chi connectivity index (χ4v) is 5.33. The molecule has 0 fully saturated rings. The van der Waals surface area contributed by atoms with E-state index in [9.17, 15) is 19.1 Å². The molecule has 0 saturated carbocycles. The highest BCUT2D eigenvalue weighted by atomic mass is 28.3. The molecule has 0 unspecified atom stereocenters. The van der Waals surface area contributed by atoms with Crippen LogP contribution in [0.15, 0.2) is 24.5 Å². The predicted octanol–water partition coefficient (Wildman–Crippen LogP) is 4.91. The van der Waals surface area contributed by atoms with Gasteiger partial charge in [0.2, 0.25) is 0 Å². The van der Waals surface area contributed by atoms with Crippen molar-refractivity contribution in [3.05, 3.63) is 41.7 Å². The summed E-state index contributed by atoms with van der Waals surface area (Å²) in [6, 6.07) is 4.74. The van der Waals surface area contributed by atoms with Crippen molar-refractivity contribution in [2.24, 2.45) is 0 Å². The second-order valence-corrected chi connectivity index (χ2v) is 23.7. The summed E-state index contributed by atoms with van der Waals surface area (Å²) >= 11 is 0. The van der Waals surface area contributed by atoms with Crippen molar-refractivity contribution < 1.29 is 38.0 Å². The third-order valence-corrected chi connectivity index (χ3v) is 9.71. The zero-order valence-corrected chi connectivity index (χ0v) is 28.5. The van der Waals surface area contributed by atoms with Crippen LogP contribution in [0.3, 0.4) is 0 Å². The summed E-state index contributed by atoms with van der Waals surface area (Å²) in [5.41, 5.74) is 1.04. The second-order valence-electron chi connectivity index (χ2n) is 12.5. The summed E-state index contributed by atoms with van der Waals surface area (Å²) in [6.07, 6.45) is 2.40. The maximum Gasteiger partial charge on any atom is 0.359 e. The molecule has 0 amide bonds. The van der Waals surface area contributed by atoms with E-state index in [0.29, 0.717) is 35.3 Å². The van der Waals surface area contributed by atoms with Crippen LogP contribution in [0.2, 0.25) is 51.4 Å². The van der Waals surface area contributed by atoms with E-state index in [1.54, 1.807) is 0 Å². The van der Waals surface area contributed by atoms with Gasteiger partial charge in [-0.1, -0.05) is 39.3 Å². The lowest BCUT2D eigenvalue weighted by Gasteiger charge is -2.15. The molecule has 0 bridgehead atoms. The van der Waals surface area contributed by atoms with Crippen LogP contribution in [0.5, 0.6) is 5.75 Å². The molecule has 16 heteroatoms. The summed E-state index contributed by atoms with van der Waals surface area (Å²) in [5, 5.41) is 18.6. The quantitative estimate of drug-likeness (QED) is 0.127. The van der Waals surface area contributed by atoms with Crippen LogP contribution in [0.4, 0.5) is 4.39 Å². The van der Waals surface area contributed by atoms with Crippen LogP contribution in [-0.4, -0.2) is 90.2 Å². The van der Waals surface area contributed by atoms with Crippen molar-refractivity contribution in [1.82, 2.24) is 29.5 Å². The number of hydrogen-bond acceptors (Lipinski definition) is 11. The van der Waals surface area contributed by atoms with Crippen LogP contribution in [0.1, 0.15) is 21.0 Å². The van der Waals surface area contributed by atoms with Gasteiger partial charge in [0, 0.05) is 29.4 Å². The Labute approximate surface area is 257 Å². The lowest BCUT2D eigenvalue weighted by atomic mass is 10.2. The molecule has 0 radical (unpaired) electrons. The highest BCUT2D eigenvalue weighted by molar-refractivity contribution is 6.76. The number of ether oxygens (including phenoxy) is 4. The number of fused-ring (bicyclic) bond motifs is 2. The van der Waals surface area contributed by atoms with E-state index in [1.807, 2.05) is 0 Å². The third kappa shape index (κ3) is 9.63. The smallest absolute Gasteiger partial charge is 0.359 e. The molecule has 0 spiro atoms. The van der Waals surface area contributed by atoms with Gasteiger partial charge in [-0.2, -0.15) is 10.2 Å². The van der Waals surface area contributed by atoms with Crippen molar-refractivity contribution in [1.29, 1.82) is 0 Å². The molecule has 4 aromatic heterocycles. The number of carbonyl (C=O) groups excluding carboxylic acids is 2. The molecule has 44 heavy (non-hydrogen) atoms. The van der Waals surface area contributed by atoms with Crippen LogP contribution in [-0.2, 0) is 32.4 Å². The minimum atomic E-state index is -1.17. The van der Waals surface area contributed by atoms with E-state index in [0.717, 1.165) is 18.3 Å². The largest absolute Gasteiger partial charge is 0.506 e. The molecule has 0 atom stereocenters. The maximum atomic E-state index is 13.4. The number of aromatic hydroxyl groups is 1. The molecule has 0 aliphatic rings. The Morgan fingerprint density at radius 2 is 1.20 bits per heavy atom. The first kappa shape index (κ1) is 34.8. The number of hydrogen-bond donors (Lipinski definition) is 1. The molecule has 1 N–H and O–H groups in total. The Balaban J connectivity index is 0.000000240. The Bertz CT molecular complexity index is 1480. The van der Waals surface area contributed by atoms with Crippen molar-refractivity contribution in [3.8, 4) is 5.75 Å². The molecular formula is C28H41FN6O7Si2. The van der Waals surface area contributed by atoms with Gasteiger partial charge in [-0.25, -0.2) is 33.3 Å². The van der Waals surface area contributed by atoms with Gasteiger partial charge in [0.1, 0.15) is 25.0 Å². The Hall–Kier alpha value is -3.74. The van der Waals surface area contributed by atoms with Crippen molar-refractivity contribution in [2.75, 3.05) is 27.4 Å². The minimum Gasteiger partial charge on any atom is -0.506 e. The molecule has 4 aromatic rings. The van der Waals surface area contributed by atoms with Crippen LogP contribution in [0, 0.1) is 5.82 Å². The summed E-state index contributed by atoms with van der Waals surface area (Å²) < 4.78 is 36.9. The number of nitrogens with zero attached hydrogens (tertiary/aromatic N) is 6. The van der Waals surface area contributed by atoms with Crippen molar-refractivity contribution in [2.45, 2.75) is 64.8 Å². The Kier molecular flexibility index (Phi) is 11.7. The van der Waals surface area contributed by atoms with Crippen LogP contribution >= 0.6 is 0 Å². The zero-order chi connectivity index (χ0) is 32.7. The lowest BCUT2D eigenvalue weighted by molar-refractivity contribution is 0.0576. The molecule has 4 heterocycles. The first-order chi connectivity index (χ1) is 20.6. The van der Waals surface area contributed by atoms with Crippen LogP contribution in [0.25, 0.3) is 22.1 Å². The first-order valence-corrected chi connectivity index (χ1v) is 21.4. The number of pyridine rings is 2. The fraction of sp³-hybridized carbons (Fsp3) is 0.500. The van der Waals surface area contributed by atoms with Gasteiger partial charge in [0.25, 0.3) is 0 Å². The normalized spacial score (nSPS) is 11.8. The van der Waals surface area contributed by atoms with E-state index in [1.165, 1.54) is 41.9 Å². The van der Waals surface area contributed by atoms with E-state index >= 15 is 0 Å².